The Morgan fingerprint density at radius 2 is 1.94 bits per heavy atom. The molecule has 2 N–H and O–H groups in total. The number of nitrogens with zero attached hydrogens (tertiary/aromatic N) is 3. The lowest BCUT2D eigenvalue weighted by atomic mass is 9.92. The maximum atomic E-state index is 13.2. The smallest absolute Gasteiger partial charge is 0.268 e. The molecule has 0 radical (unpaired) electrons. The number of piperidine rings is 1. The van der Waals surface area contributed by atoms with E-state index in [1.807, 2.05) is 10.6 Å². The highest BCUT2D eigenvalue weighted by Crippen LogP contribution is 2.31. The lowest BCUT2D eigenvalue weighted by Crippen LogP contribution is -2.28. The second kappa shape index (κ2) is 9.13. The third-order valence-electron chi connectivity index (χ3n) is 6.66. The van der Waals surface area contributed by atoms with Crippen molar-refractivity contribution in [2.24, 2.45) is 0 Å². The van der Waals surface area contributed by atoms with Crippen molar-refractivity contribution >= 4 is 22.7 Å². The second-order valence-electron chi connectivity index (χ2n) is 8.81. The molecule has 0 amide bonds. The van der Waals surface area contributed by atoms with Gasteiger partial charge in [-0.3, -0.25) is 9.36 Å². The molecule has 1 saturated heterocycles. The van der Waals surface area contributed by atoms with Gasteiger partial charge in [0.15, 0.2) is 0 Å². The number of pyridine rings is 1. The molecule has 0 bridgehead atoms. The van der Waals surface area contributed by atoms with E-state index >= 15 is 0 Å². The van der Waals surface area contributed by atoms with Crippen molar-refractivity contribution in [3.8, 4) is 11.8 Å². The highest BCUT2D eigenvalue weighted by atomic mass is 16.1. The lowest BCUT2D eigenvalue weighted by molar-refractivity contribution is 0.461. The van der Waals surface area contributed by atoms with Gasteiger partial charge in [0.2, 0.25) is 5.95 Å². The van der Waals surface area contributed by atoms with E-state index < -0.39 is 0 Å². The van der Waals surface area contributed by atoms with Gasteiger partial charge in [-0.25, -0.2) is 4.98 Å². The Hall–Kier alpha value is -3.17. The van der Waals surface area contributed by atoms with Crippen LogP contribution in [0.3, 0.4) is 0 Å². The number of rotatable bonds is 4. The first-order chi connectivity index (χ1) is 15.7. The third-order valence-corrected chi connectivity index (χ3v) is 6.66. The van der Waals surface area contributed by atoms with Crippen LogP contribution < -0.4 is 16.2 Å². The summed E-state index contributed by atoms with van der Waals surface area (Å²) in [5.74, 6) is 6.90. The molecule has 3 heterocycles. The molecule has 164 valence electrons. The molecule has 1 unspecified atom stereocenters. The Balaban J connectivity index is 1.47. The molecule has 5 rings (SSSR count). The number of hydrogen-bond acceptors (Lipinski definition) is 5. The Labute approximate surface area is 188 Å². The quantitative estimate of drug-likeness (QED) is 0.601. The fourth-order valence-corrected chi connectivity index (χ4v) is 5.01. The molecule has 32 heavy (non-hydrogen) atoms. The van der Waals surface area contributed by atoms with E-state index in [1.165, 1.54) is 18.4 Å². The molecular formula is C26H29N5O. The van der Waals surface area contributed by atoms with Gasteiger partial charge < -0.3 is 10.6 Å². The van der Waals surface area contributed by atoms with Crippen molar-refractivity contribution in [1.82, 2.24) is 19.9 Å². The van der Waals surface area contributed by atoms with Crippen molar-refractivity contribution in [2.45, 2.75) is 57.4 Å². The molecule has 2 aliphatic rings. The predicted octanol–water partition coefficient (Wildman–Crippen LogP) is 4.49. The zero-order valence-corrected chi connectivity index (χ0v) is 18.5. The van der Waals surface area contributed by atoms with E-state index in [0.717, 1.165) is 49.8 Å². The third kappa shape index (κ3) is 4.13. The van der Waals surface area contributed by atoms with E-state index in [2.05, 4.69) is 51.7 Å². The first-order valence-corrected chi connectivity index (χ1v) is 11.7. The zero-order chi connectivity index (χ0) is 21.9. The Bertz CT molecular complexity index is 1220. The van der Waals surface area contributed by atoms with Crippen LogP contribution in [0.1, 0.15) is 68.5 Å². The Kier molecular flexibility index (Phi) is 5.91. The number of hydrogen-bond donors (Lipinski definition) is 2. The minimum absolute atomic E-state index is 0.0474. The number of nitrogens with one attached hydrogen (secondary N) is 2. The first-order valence-electron chi connectivity index (χ1n) is 11.7. The summed E-state index contributed by atoms with van der Waals surface area (Å²) in [6.45, 7) is 3.92. The van der Waals surface area contributed by atoms with Crippen molar-refractivity contribution in [3.63, 3.8) is 0 Å². The molecule has 6 nitrogen and oxygen atoms in total. The molecular weight excluding hydrogens is 398 g/mol. The maximum absolute atomic E-state index is 13.2. The summed E-state index contributed by atoms with van der Waals surface area (Å²) in [5, 5.41) is 7.65. The van der Waals surface area contributed by atoms with Crippen LogP contribution in [0.15, 0.2) is 41.3 Å². The predicted molar refractivity (Wildman–Crippen MR) is 128 cm³/mol. The summed E-state index contributed by atoms with van der Waals surface area (Å²) < 4.78 is 1.86. The van der Waals surface area contributed by atoms with Gasteiger partial charge >= 0.3 is 0 Å². The molecule has 1 aliphatic carbocycles. The standard InChI is InChI=1S/C26H29N5O/c1-2-6-19-15-21-17-28-26(30-24(21)31(25(19)32)23-8-3-4-9-23)29-22-12-10-18(11-13-22)20-7-5-14-27-16-20/h10-13,15,17,20,23,27H,3-5,7-9,14,16H2,1H3,(H,28,29,30). The second-order valence-corrected chi connectivity index (χ2v) is 8.81. The topological polar surface area (TPSA) is 71.8 Å². The summed E-state index contributed by atoms with van der Waals surface area (Å²) >= 11 is 0. The molecule has 2 fully saturated rings. The summed E-state index contributed by atoms with van der Waals surface area (Å²) in [6.07, 6.45) is 8.53. The number of benzene rings is 1. The SMILES string of the molecule is CC#Cc1cc2cnc(Nc3ccc(C4CCCNC4)cc3)nc2n(C2CCCC2)c1=O. The van der Waals surface area contributed by atoms with Crippen LogP contribution in [0.5, 0.6) is 0 Å². The van der Waals surface area contributed by atoms with E-state index in [0.29, 0.717) is 23.1 Å². The van der Waals surface area contributed by atoms with Gasteiger partial charge in [0.05, 0.1) is 5.56 Å². The molecule has 3 aromatic rings. The summed E-state index contributed by atoms with van der Waals surface area (Å²) in [7, 11) is 0. The average molecular weight is 428 g/mol. The van der Waals surface area contributed by atoms with Gasteiger partial charge in [0.25, 0.3) is 5.56 Å². The largest absolute Gasteiger partial charge is 0.324 e. The highest BCUT2D eigenvalue weighted by molar-refractivity contribution is 5.77. The maximum Gasteiger partial charge on any atom is 0.268 e. The normalized spacial score (nSPS) is 19.0. The Morgan fingerprint density at radius 3 is 2.66 bits per heavy atom. The molecule has 1 saturated carbocycles. The van der Waals surface area contributed by atoms with Gasteiger partial charge in [0, 0.05) is 29.9 Å². The van der Waals surface area contributed by atoms with Crippen LogP contribution >= 0.6 is 0 Å². The van der Waals surface area contributed by atoms with E-state index in [9.17, 15) is 4.79 Å². The molecule has 2 aromatic heterocycles. The zero-order valence-electron chi connectivity index (χ0n) is 18.5. The van der Waals surface area contributed by atoms with Crippen molar-refractivity contribution in [2.75, 3.05) is 18.4 Å². The number of fused-ring (bicyclic) bond motifs is 1. The highest BCUT2D eigenvalue weighted by Gasteiger charge is 2.22. The monoisotopic (exact) mass is 427 g/mol. The van der Waals surface area contributed by atoms with E-state index in [-0.39, 0.29) is 11.6 Å². The molecule has 6 heteroatoms. The van der Waals surface area contributed by atoms with Gasteiger partial charge in [-0.15, -0.1) is 5.92 Å². The van der Waals surface area contributed by atoms with Crippen molar-refractivity contribution in [3.05, 3.63) is 58.0 Å². The van der Waals surface area contributed by atoms with Crippen LogP contribution in [0.25, 0.3) is 11.0 Å². The summed E-state index contributed by atoms with van der Waals surface area (Å²) in [4.78, 5) is 22.5. The van der Waals surface area contributed by atoms with Crippen LogP contribution in [-0.2, 0) is 0 Å². The van der Waals surface area contributed by atoms with Gasteiger partial charge in [-0.1, -0.05) is 30.9 Å². The molecule has 0 spiro atoms. The minimum Gasteiger partial charge on any atom is -0.324 e. The van der Waals surface area contributed by atoms with E-state index in [4.69, 9.17) is 4.98 Å². The van der Waals surface area contributed by atoms with Crippen molar-refractivity contribution < 1.29 is 0 Å². The van der Waals surface area contributed by atoms with Gasteiger partial charge in [0.1, 0.15) is 5.65 Å². The Morgan fingerprint density at radius 1 is 1.12 bits per heavy atom. The fourth-order valence-electron chi connectivity index (χ4n) is 5.01. The summed E-state index contributed by atoms with van der Waals surface area (Å²) in [6, 6.07) is 10.5. The fraction of sp³-hybridized carbons (Fsp3) is 0.423. The van der Waals surface area contributed by atoms with Crippen LogP contribution in [0.2, 0.25) is 0 Å². The van der Waals surface area contributed by atoms with Crippen LogP contribution in [0.4, 0.5) is 11.6 Å². The molecule has 1 aromatic carbocycles. The number of aromatic nitrogens is 3. The van der Waals surface area contributed by atoms with Crippen LogP contribution in [0, 0.1) is 11.8 Å². The van der Waals surface area contributed by atoms with Gasteiger partial charge in [-0.05, 0) is 68.8 Å². The lowest BCUT2D eigenvalue weighted by Gasteiger charge is -2.23. The number of anilines is 2. The van der Waals surface area contributed by atoms with E-state index in [1.54, 1.807) is 13.1 Å². The molecule has 1 aliphatic heterocycles. The van der Waals surface area contributed by atoms with Crippen LogP contribution in [-0.4, -0.2) is 27.6 Å². The van der Waals surface area contributed by atoms with Crippen molar-refractivity contribution in [1.29, 1.82) is 0 Å². The van der Waals surface area contributed by atoms with Gasteiger partial charge in [-0.2, -0.15) is 4.98 Å². The minimum atomic E-state index is -0.0474. The summed E-state index contributed by atoms with van der Waals surface area (Å²) in [5.41, 5.74) is 3.46. The molecule has 1 atom stereocenters. The average Bonchev–Trinajstić information content (AvgIpc) is 3.35. The first kappa shape index (κ1) is 20.7.